The normalized spacial score (nSPS) is 32.2. The number of amides is 1. The minimum absolute atomic E-state index is 0.0657. The van der Waals surface area contributed by atoms with Crippen molar-refractivity contribution in [1.29, 1.82) is 0 Å². The van der Waals surface area contributed by atoms with Crippen molar-refractivity contribution in [2.45, 2.75) is 43.6 Å². The van der Waals surface area contributed by atoms with Crippen molar-refractivity contribution in [2.75, 3.05) is 11.9 Å². The van der Waals surface area contributed by atoms with Crippen LogP contribution in [0.1, 0.15) is 41.7 Å². The van der Waals surface area contributed by atoms with Crippen molar-refractivity contribution >= 4 is 11.6 Å². The Bertz CT molecular complexity index is 857. The number of halogens is 1. The lowest BCUT2D eigenvalue weighted by atomic mass is 9.75. The van der Waals surface area contributed by atoms with Crippen molar-refractivity contribution in [1.82, 2.24) is 9.88 Å². The maximum absolute atomic E-state index is 16.7. The standard InChI is InChI=1S/C21H22FN3O/c1-24-17-11-4-2-8-14(17)21(22)15-9-3-5-12-18(15)25(20(21)24)19(26)16-10-6-7-13-23-16/h2,4,6-8,10-11,13,15,18,20H,3,5,9,12H2,1H3/t15-,18-,20+,21+/m0/s1. The van der Waals surface area contributed by atoms with Crippen molar-refractivity contribution in [3.63, 3.8) is 0 Å². The third-order valence-electron chi connectivity index (χ3n) is 6.45. The van der Waals surface area contributed by atoms with Crippen molar-refractivity contribution < 1.29 is 9.18 Å². The van der Waals surface area contributed by atoms with Gasteiger partial charge in [0.25, 0.3) is 5.91 Å². The Labute approximate surface area is 152 Å². The van der Waals surface area contributed by atoms with E-state index in [4.69, 9.17) is 0 Å². The van der Waals surface area contributed by atoms with Gasteiger partial charge in [-0.15, -0.1) is 0 Å². The van der Waals surface area contributed by atoms with E-state index >= 15 is 4.39 Å². The van der Waals surface area contributed by atoms with E-state index in [9.17, 15) is 4.79 Å². The van der Waals surface area contributed by atoms with Crippen LogP contribution < -0.4 is 4.90 Å². The molecule has 5 rings (SSSR count). The average Bonchev–Trinajstić information content (AvgIpc) is 3.09. The van der Waals surface area contributed by atoms with Crippen molar-refractivity contribution in [2.24, 2.45) is 5.92 Å². The molecule has 2 aromatic rings. The minimum atomic E-state index is -1.51. The molecule has 2 fully saturated rings. The summed E-state index contributed by atoms with van der Waals surface area (Å²) in [5.41, 5.74) is 0.509. The molecule has 4 atom stereocenters. The highest BCUT2D eigenvalue weighted by atomic mass is 19.1. The Balaban J connectivity index is 1.66. The maximum Gasteiger partial charge on any atom is 0.274 e. The van der Waals surface area contributed by atoms with Crippen molar-refractivity contribution in [3.05, 3.63) is 59.9 Å². The number of rotatable bonds is 1. The molecular formula is C21H22FN3O. The summed E-state index contributed by atoms with van der Waals surface area (Å²) in [6.07, 6.45) is 4.78. The number of hydrogen-bond acceptors (Lipinski definition) is 3. The van der Waals surface area contributed by atoms with Crippen LogP contribution in [-0.4, -0.2) is 35.0 Å². The summed E-state index contributed by atoms with van der Waals surface area (Å²) in [6.45, 7) is 0. The fourth-order valence-corrected chi connectivity index (χ4v) is 5.44. The van der Waals surface area contributed by atoms with E-state index in [1.54, 1.807) is 23.2 Å². The molecule has 134 valence electrons. The molecule has 1 aromatic carbocycles. The van der Waals surface area contributed by atoms with Crippen LogP contribution in [0.5, 0.6) is 0 Å². The number of para-hydroxylation sites is 1. The summed E-state index contributed by atoms with van der Waals surface area (Å²) in [5.74, 6) is -0.313. The van der Waals surface area contributed by atoms with E-state index in [1.165, 1.54) is 0 Å². The second-order valence-corrected chi connectivity index (χ2v) is 7.66. The number of alkyl halides is 1. The largest absolute Gasteiger partial charge is 0.351 e. The number of likely N-dealkylation sites (tertiary alicyclic amines) is 1. The molecule has 1 saturated carbocycles. The number of pyridine rings is 1. The number of benzene rings is 1. The topological polar surface area (TPSA) is 36.4 Å². The zero-order valence-corrected chi connectivity index (χ0v) is 14.8. The van der Waals surface area contributed by atoms with E-state index in [1.807, 2.05) is 42.3 Å². The van der Waals surface area contributed by atoms with E-state index in [2.05, 4.69) is 4.98 Å². The fourth-order valence-electron chi connectivity index (χ4n) is 5.44. The van der Waals surface area contributed by atoms with Crippen LogP contribution in [0.4, 0.5) is 10.1 Å². The van der Waals surface area contributed by atoms with Gasteiger partial charge in [-0.2, -0.15) is 0 Å². The molecule has 0 bridgehead atoms. The van der Waals surface area contributed by atoms with Crippen LogP contribution in [0.3, 0.4) is 0 Å². The predicted molar refractivity (Wildman–Crippen MR) is 97.6 cm³/mol. The van der Waals surface area contributed by atoms with Crippen LogP contribution in [-0.2, 0) is 5.67 Å². The lowest BCUT2D eigenvalue weighted by Crippen LogP contribution is -2.51. The number of likely N-dealkylation sites (N-methyl/N-ethyl adjacent to an activating group) is 1. The number of aromatic nitrogens is 1. The number of nitrogens with zero attached hydrogens (tertiary/aromatic N) is 3. The van der Waals surface area contributed by atoms with Gasteiger partial charge >= 0.3 is 0 Å². The first-order valence-corrected chi connectivity index (χ1v) is 9.39. The Kier molecular flexibility index (Phi) is 3.36. The predicted octanol–water partition coefficient (Wildman–Crippen LogP) is 3.74. The van der Waals surface area contributed by atoms with Gasteiger partial charge in [-0.05, 0) is 31.0 Å². The third-order valence-corrected chi connectivity index (χ3v) is 6.45. The number of carbonyl (C=O) groups excluding carboxylic acids is 1. The van der Waals surface area contributed by atoms with Crippen molar-refractivity contribution in [3.8, 4) is 0 Å². The van der Waals surface area contributed by atoms with Gasteiger partial charge in [0.1, 0.15) is 11.9 Å². The van der Waals surface area contributed by atoms with Gasteiger partial charge in [-0.3, -0.25) is 9.78 Å². The molecule has 2 aliphatic heterocycles. The molecule has 1 aromatic heterocycles. The summed E-state index contributed by atoms with van der Waals surface area (Å²) < 4.78 is 16.7. The molecule has 3 aliphatic rings. The van der Waals surface area contributed by atoms with Gasteiger partial charge in [-0.25, -0.2) is 4.39 Å². The Morgan fingerprint density at radius 1 is 1.15 bits per heavy atom. The van der Waals surface area contributed by atoms with Crippen LogP contribution in [0, 0.1) is 5.92 Å². The first kappa shape index (κ1) is 15.8. The van der Waals surface area contributed by atoms with E-state index in [0.29, 0.717) is 5.69 Å². The minimum Gasteiger partial charge on any atom is -0.351 e. The summed E-state index contributed by atoms with van der Waals surface area (Å²) >= 11 is 0. The molecule has 5 heteroatoms. The maximum atomic E-state index is 16.7. The van der Waals surface area contributed by atoms with Gasteiger partial charge in [0.05, 0.1) is 0 Å². The molecule has 1 saturated heterocycles. The van der Waals surface area contributed by atoms with Crippen LogP contribution in [0.2, 0.25) is 0 Å². The zero-order valence-electron chi connectivity index (χ0n) is 14.8. The lowest BCUT2D eigenvalue weighted by molar-refractivity contribution is 0.0545. The second kappa shape index (κ2) is 5.53. The molecule has 0 unspecified atom stereocenters. The number of fused-ring (bicyclic) bond motifs is 5. The second-order valence-electron chi connectivity index (χ2n) is 7.66. The molecule has 4 nitrogen and oxygen atoms in total. The van der Waals surface area contributed by atoms with E-state index in [-0.39, 0.29) is 17.9 Å². The van der Waals surface area contributed by atoms with Gasteiger partial charge in [-0.1, -0.05) is 37.1 Å². The first-order valence-electron chi connectivity index (χ1n) is 9.39. The van der Waals surface area contributed by atoms with Gasteiger partial charge in [0.2, 0.25) is 0 Å². The highest BCUT2D eigenvalue weighted by Gasteiger charge is 2.67. The first-order chi connectivity index (χ1) is 12.6. The monoisotopic (exact) mass is 351 g/mol. The zero-order chi connectivity index (χ0) is 17.9. The fraction of sp³-hybridized carbons (Fsp3) is 0.429. The molecular weight excluding hydrogens is 329 g/mol. The molecule has 3 heterocycles. The quantitative estimate of drug-likeness (QED) is 0.785. The molecule has 0 spiro atoms. The smallest absolute Gasteiger partial charge is 0.274 e. The Morgan fingerprint density at radius 2 is 1.92 bits per heavy atom. The van der Waals surface area contributed by atoms with E-state index < -0.39 is 11.8 Å². The summed E-state index contributed by atoms with van der Waals surface area (Å²) in [6, 6.07) is 12.9. The van der Waals surface area contributed by atoms with Crippen LogP contribution in [0.25, 0.3) is 0 Å². The summed E-state index contributed by atoms with van der Waals surface area (Å²) in [4.78, 5) is 21.3. The summed E-state index contributed by atoms with van der Waals surface area (Å²) in [7, 11) is 1.90. The number of anilines is 1. The molecule has 1 aliphatic carbocycles. The van der Waals surface area contributed by atoms with Gasteiger partial charge < -0.3 is 9.80 Å². The highest BCUT2D eigenvalue weighted by molar-refractivity contribution is 5.94. The highest BCUT2D eigenvalue weighted by Crippen LogP contribution is 2.60. The average molecular weight is 351 g/mol. The van der Waals surface area contributed by atoms with Crippen LogP contribution >= 0.6 is 0 Å². The molecule has 1 amide bonds. The Hall–Kier alpha value is -2.43. The van der Waals surface area contributed by atoms with Crippen LogP contribution in [0.15, 0.2) is 48.7 Å². The molecule has 26 heavy (non-hydrogen) atoms. The molecule has 0 N–H and O–H groups in total. The molecule has 0 radical (unpaired) electrons. The number of carbonyl (C=O) groups is 1. The summed E-state index contributed by atoms with van der Waals surface area (Å²) in [5, 5.41) is 0. The van der Waals surface area contributed by atoms with E-state index in [0.717, 1.165) is 36.9 Å². The SMILES string of the molecule is CN1c2ccccc2[C@]2(F)[C@H]1N(C(=O)c1ccccn1)[C@H]1CCCC[C@@H]12. The number of hydrogen-bond donors (Lipinski definition) is 0. The van der Waals surface area contributed by atoms with Gasteiger partial charge in [0, 0.05) is 36.5 Å². The third kappa shape index (κ3) is 1.89. The lowest BCUT2D eigenvalue weighted by Gasteiger charge is -2.36. The van der Waals surface area contributed by atoms with Gasteiger partial charge in [0.15, 0.2) is 5.67 Å². The Morgan fingerprint density at radius 3 is 2.73 bits per heavy atom.